The molecule has 9 nitrogen and oxygen atoms in total. The average molecular weight is 527 g/mol. The number of benzene rings is 1. The highest BCUT2D eigenvalue weighted by Gasteiger charge is 2.40. The number of aromatic nitrogens is 3. The number of nitrogens with zero attached hydrogens (tertiary/aromatic N) is 5. The van der Waals surface area contributed by atoms with Crippen LogP contribution in [0.5, 0.6) is 0 Å². The second kappa shape index (κ2) is 9.75. The summed E-state index contributed by atoms with van der Waals surface area (Å²) in [5.74, 6) is 0.331. The van der Waals surface area contributed by atoms with E-state index in [1.165, 1.54) is 0 Å². The third kappa shape index (κ3) is 5.08. The van der Waals surface area contributed by atoms with Crippen molar-refractivity contribution >= 4 is 34.9 Å². The standard InChI is InChI=1S/C26H29F3N8O/c1-25(2)21-16(5-4-6-19(21)34-23(25)38)13-31-22-18(26(27,28)29)15-32-24(35-22)33-17-7-8-20(30-14-17)37-11-9-36(3)10-12-37/h4-8,14-15H,9-13H2,1-3H3,(H,34,38)(H2,31,32,33,35). The van der Waals surface area contributed by atoms with Crippen molar-refractivity contribution < 1.29 is 18.0 Å². The van der Waals surface area contributed by atoms with Crippen LogP contribution in [0.4, 0.5) is 42.1 Å². The van der Waals surface area contributed by atoms with Gasteiger partial charge in [0, 0.05) is 44.6 Å². The van der Waals surface area contributed by atoms with Crippen LogP contribution >= 0.6 is 0 Å². The molecule has 0 spiro atoms. The number of likely N-dealkylation sites (N-methyl/N-ethyl adjacent to an activating group) is 1. The number of fused-ring (bicyclic) bond motifs is 1. The summed E-state index contributed by atoms with van der Waals surface area (Å²) < 4.78 is 41.3. The van der Waals surface area contributed by atoms with Gasteiger partial charge in [0.2, 0.25) is 11.9 Å². The van der Waals surface area contributed by atoms with E-state index in [9.17, 15) is 18.0 Å². The van der Waals surface area contributed by atoms with Gasteiger partial charge in [-0.05, 0) is 50.2 Å². The van der Waals surface area contributed by atoms with Crippen LogP contribution in [0.15, 0.2) is 42.7 Å². The highest BCUT2D eigenvalue weighted by Crippen LogP contribution is 2.40. The Morgan fingerprint density at radius 2 is 1.82 bits per heavy atom. The third-order valence-electron chi connectivity index (χ3n) is 6.96. The van der Waals surface area contributed by atoms with Gasteiger partial charge >= 0.3 is 6.18 Å². The van der Waals surface area contributed by atoms with Gasteiger partial charge in [-0.1, -0.05) is 12.1 Å². The second-order valence-corrected chi connectivity index (χ2v) is 10.0. The van der Waals surface area contributed by atoms with Crippen LogP contribution in [0, 0.1) is 0 Å². The van der Waals surface area contributed by atoms with Crippen LogP contribution in [0.3, 0.4) is 0 Å². The maximum absolute atomic E-state index is 13.8. The Morgan fingerprint density at radius 3 is 2.50 bits per heavy atom. The van der Waals surface area contributed by atoms with E-state index in [1.807, 2.05) is 6.07 Å². The lowest BCUT2D eigenvalue weighted by Gasteiger charge is -2.33. The summed E-state index contributed by atoms with van der Waals surface area (Å²) in [6.45, 7) is 7.27. The molecule has 2 aliphatic heterocycles. The van der Waals surface area contributed by atoms with Crippen molar-refractivity contribution in [3.8, 4) is 0 Å². The molecule has 0 saturated carbocycles. The first-order chi connectivity index (χ1) is 18.0. The highest BCUT2D eigenvalue weighted by molar-refractivity contribution is 6.06. The van der Waals surface area contributed by atoms with Crippen LogP contribution in [0.25, 0.3) is 0 Å². The van der Waals surface area contributed by atoms with Gasteiger partial charge in [-0.2, -0.15) is 18.2 Å². The number of hydrogen-bond donors (Lipinski definition) is 3. The van der Waals surface area contributed by atoms with Crippen molar-refractivity contribution in [3.63, 3.8) is 0 Å². The van der Waals surface area contributed by atoms with E-state index >= 15 is 0 Å². The van der Waals surface area contributed by atoms with Gasteiger partial charge < -0.3 is 25.8 Å². The predicted molar refractivity (Wildman–Crippen MR) is 140 cm³/mol. The van der Waals surface area contributed by atoms with Crippen molar-refractivity contribution in [2.75, 3.05) is 54.1 Å². The van der Waals surface area contributed by atoms with Gasteiger partial charge in [0.15, 0.2) is 0 Å². The molecule has 0 radical (unpaired) electrons. The van der Waals surface area contributed by atoms with Crippen LogP contribution in [0.2, 0.25) is 0 Å². The lowest BCUT2D eigenvalue weighted by molar-refractivity contribution is -0.137. The molecule has 1 amide bonds. The van der Waals surface area contributed by atoms with E-state index in [2.05, 4.69) is 47.7 Å². The smallest absolute Gasteiger partial charge is 0.365 e. The molecule has 1 saturated heterocycles. The molecule has 4 heterocycles. The van der Waals surface area contributed by atoms with Gasteiger partial charge in [-0.25, -0.2) is 9.97 Å². The fourth-order valence-electron chi connectivity index (χ4n) is 4.76. The Bertz CT molecular complexity index is 1340. The molecular weight excluding hydrogens is 497 g/mol. The Morgan fingerprint density at radius 1 is 1.05 bits per heavy atom. The molecule has 2 aliphatic rings. The Hall–Kier alpha value is -3.93. The summed E-state index contributed by atoms with van der Waals surface area (Å²) in [5, 5.41) is 8.60. The third-order valence-corrected chi connectivity index (χ3v) is 6.96. The van der Waals surface area contributed by atoms with Gasteiger partial charge in [-0.3, -0.25) is 4.79 Å². The summed E-state index contributed by atoms with van der Waals surface area (Å²) in [6, 6.07) is 8.99. The number of alkyl halides is 3. The normalized spacial score (nSPS) is 17.2. The number of halogens is 3. The first-order valence-electron chi connectivity index (χ1n) is 12.3. The minimum Gasteiger partial charge on any atom is -0.365 e. The summed E-state index contributed by atoms with van der Waals surface area (Å²) in [5.41, 5.74) is 0.893. The number of carbonyl (C=O) groups is 1. The van der Waals surface area contributed by atoms with Crippen molar-refractivity contribution in [1.29, 1.82) is 0 Å². The number of hydrogen-bond acceptors (Lipinski definition) is 8. The fraction of sp³-hybridized carbons (Fsp3) is 0.385. The zero-order valence-electron chi connectivity index (χ0n) is 21.4. The quantitative estimate of drug-likeness (QED) is 0.439. The minimum absolute atomic E-state index is 0.00473. The maximum Gasteiger partial charge on any atom is 0.421 e. The van der Waals surface area contributed by atoms with Crippen LogP contribution in [-0.4, -0.2) is 59.0 Å². The highest BCUT2D eigenvalue weighted by atomic mass is 19.4. The minimum atomic E-state index is -4.65. The number of rotatable bonds is 6. The molecule has 1 aromatic carbocycles. The van der Waals surface area contributed by atoms with E-state index < -0.39 is 17.2 Å². The van der Waals surface area contributed by atoms with E-state index in [1.54, 1.807) is 44.3 Å². The lowest BCUT2D eigenvalue weighted by Crippen LogP contribution is -2.44. The molecule has 0 bridgehead atoms. The molecule has 200 valence electrons. The first-order valence-corrected chi connectivity index (χ1v) is 12.3. The zero-order chi connectivity index (χ0) is 27.1. The van der Waals surface area contributed by atoms with Crippen LogP contribution in [0.1, 0.15) is 30.5 Å². The monoisotopic (exact) mass is 526 g/mol. The number of carbonyl (C=O) groups excluding carboxylic acids is 1. The topological polar surface area (TPSA) is 98.3 Å². The van der Waals surface area contributed by atoms with Gasteiger partial charge in [0.25, 0.3) is 0 Å². The molecule has 0 aliphatic carbocycles. The summed E-state index contributed by atoms with van der Waals surface area (Å²) in [7, 11) is 2.08. The molecule has 38 heavy (non-hydrogen) atoms. The second-order valence-electron chi connectivity index (χ2n) is 10.0. The maximum atomic E-state index is 13.8. The van der Waals surface area contributed by atoms with Crippen molar-refractivity contribution in [2.24, 2.45) is 0 Å². The Labute approximate surface area is 218 Å². The molecule has 3 aromatic rings. The molecule has 0 unspecified atom stereocenters. The molecule has 12 heteroatoms. The van der Waals surface area contributed by atoms with E-state index in [4.69, 9.17) is 0 Å². The van der Waals surface area contributed by atoms with Crippen molar-refractivity contribution in [1.82, 2.24) is 19.9 Å². The van der Waals surface area contributed by atoms with E-state index in [0.717, 1.165) is 43.8 Å². The van der Waals surface area contributed by atoms with Crippen molar-refractivity contribution in [2.45, 2.75) is 32.0 Å². The SMILES string of the molecule is CN1CCN(c2ccc(Nc3ncc(C(F)(F)F)c(NCc4cccc5c4C(C)(C)C(=O)N5)n3)cn2)CC1. The van der Waals surface area contributed by atoms with Crippen molar-refractivity contribution in [3.05, 3.63) is 59.4 Å². The summed E-state index contributed by atoms with van der Waals surface area (Å²) >= 11 is 0. The number of piperazine rings is 1. The molecule has 3 N–H and O–H groups in total. The summed E-state index contributed by atoms with van der Waals surface area (Å²) in [6.07, 6.45) is -2.28. The molecule has 2 aromatic heterocycles. The lowest BCUT2D eigenvalue weighted by atomic mass is 9.83. The zero-order valence-corrected chi connectivity index (χ0v) is 21.4. The van der Waals surface area contributed by atoms with Crippen LogP contribution in [-0.2, 0) is 22.9 Å². The van der Waals surface area contributed by atoms with E-state index in [0.29, 0.717) is 16.9 Å². The number of anilines is 5. The van der Waals surface area contributed by atoms with E-state index in [-0.39, 0.29) is 24.2 Å². The molecule has 1 fully saturated rings. The number of amides is 1. The first kappa shape index (κ1) is 25.7. The number of nitrogens with one attached hydrogen (secondary N) is 3. The molecular formula is C26H29F3N8O. The Kier molecular flexibility index (Phi) is 6.59. The average Bonchev–Trinajstić information content (AvgIpc) is 3.11. The van der Waals surface area contributed by atoms with Gasteiger partial charge in [-0.15, -0.1) is 0 Å². The van der Waals surface area contributed by atoms with Crippen LogP contribution < -0.4 is 20.9 Å². The number of pyridine rings is 1. The van der Waals surface area contributed by atoms with Gasteiger partial charge in [0.05, 0.1) is 17.3 Å². The fourth-order valence-corrected chi connectivity index (χ4v) is 4.76. The largest absolute Gasteiger partial charge is 0.421 e. The Balaban J connectivity index is 1.35. The van der Waals surface area contributed by atoms with Gasteiger partial charge in [0.1, 0.15) is 17.2 Å². The molecule has 0 atom stereocenters. The summed E-state index contributed by atoms with van der Waals surface area (Å²) in [4.78, 5) is 29.3. The molecule has 5 rings (SSSR count). The predicted octanol–water partition coefficient (Wildman–Crippen LogP) is 4.23.